The average Bonchev–Trinajstić information content (AvgIpc) is 3.21. The number of hydrogen-bond acceptors (Lipinski definition) is 2. The molecule has 27 heavy (non-hydrogen) atoms. The van der Waals surface area contributed by atoms with Gasteiger partial charge in [0.05, 0.1) is 11.0 Å². The Kier molecular flexibility index (Phi) is 4.73. The highest BCUT2D eigenvalue weighted by Crippen LogP contribution is 2.33. The van der Waals surface area contributed by atoms with E-state index in [1.807, 2.05) is 23.1 Å². The zero-order valence-electron chi connectivity index (χ0n) is 16.4. The van der Waals surface area contributed by atoms with Crippen LogP contribution in [0.4, 0.5) is 5.69 Å². The molecular formula is C23H27N3O. The average molecular weight is 361 g/mol. The van der Waals surface area contributed by atoms with Crippen molar-refractivity contribution >= 4 is 22.6 Å². The van der Waals surface area contributed by atoms with E-state index < -0.39 is 0 Å². The Hall–Kier alpha value is -2.62. The normalized spacial score (nSPS) is 17.4. The molecule has 0 unspecified atom stereocenters. The maximum Gasteiger partial charge on any atom is 0.227 e. The zero-order valence-corrected chi connectivity index (χ0v) is 16.4. The second-order valence-electron chi connectivity index (χ2n) is 8.03. The van der Waals surface area contributed by atoms with Crippen molar-refractivity contribution in [1.29, 1.82) is 0 Å². The van der Waals surface area contributed by atoms with Crippen molar-refractivity contribution in [1.82, 2.24) is 9.55 Å². The number of carbonyl (C=O) groups excluding carboxylic acids is 1. The fraction of sp³-hybridized carbons (Fsp3) is 0.391. The van der Waals surface area contributed by atoms with E-state index in [1.165, 1.54) is 11.1 Å². The van der Waals surface area contributed by atoms with Crippen molar-refractivity contribution in [2.24, 2.45) is 5.92 Å². The van der Waals surface area contributed by atoms with Gasteiger partial charge in [0, 0.05) is 31.1 Å². The van der Waals surface area contributed by atoms with Crippen molar-refractivity contribution in [3.05, 3.63) is 59.9 Å². The fourth-order valence-corrected chi connectivity index (χ4v) is 3.88. The first-order valence-electron chi connectivity index (χ1n) is 9.85. The Morgan fingerprint density at radius 3 is 2.59 bits per heavy atom. The van der Waals surface area contributed by atoms with Crippen LogP contribution >= 0.6 is 0 Å². The molecule has 2 aromatic carbocycles. The number of imidazole rings is 1. The minimum Gasteiger partial charge on any atom is -0.328 e. The molecule has 0 bridgehead atoms. The first-order chi connectivity index (χ1) is 13.0. The van der Waals surface area contributed by atoms with E-state index in [2.05, 4.69) is 55.7 Å². The van der Waals surface area contributed by atoms with E-state index >= 15 is 0 Å². The number of nitrogens with zero attached hydrogens (tertiary/aromatic N) is 3. The summed E-state index contributed by atoms with van der Waals surface area (Å²) in [5, 5.41) is 0. The van der Waals surface area contributed by atoms with Gasteiger partial charge >= 0.3 is 0 Å². The number of rotatable bonds is 5. The van der Waals surface area contributed by atoms with Crippen LogP contribution < -0.4 is 4.90 Å². The van der Waals surface area contributed by atoms with Gasteiger partial charge < -0.3 is 9.47 Å². The monoisotopic (exact) mass is 361 g/mol. The lowest BCUT2D eigenvalue weighted by molar-refractivity contribution is -0.117. The summed E-state index contributed by atoms with van der Waals surface area (Å²) in [5.74, 6) is 2.01. The van der Waals surface area contributed by atoms with Crippen LogP contribution in [0.3, 0.4) is 0 Å². The molecule has 4 nitrogen and oxygen atoms in total. The Balaban J connectivity index is 1.66. The Bertz CT molecular complexity index is 955. The highest BCUT2D eigenvalue weighted by molar-refractivity contribution is 5.96. The topological polar surface area (TPSA) is 38.1 Å². The first-order valence-corrected chi connectivity index (χ1v) is 9.85. The lowest BCUT2D eigenvalue weighted by Crippen LogP contribution is -2.24. The largest absolute Gasteiger partial charge is 0.328 e. The second kappa shape index (κ2) is 7.18. The number of aromatic nitrogens is 2. The van der Waals surface area contributed by atoms with E-state index in [4.69, 9.17) is 4.98 Å². The molecule has 140 valence electrons. The highest BCUT2D eigenvalue weighted by atomic mass is 16.2. The van der Waals surface area contributed by atoms with Gasteiger partial charge in [0.1, 0.15) is 5.82 Å². The molecule has 4 heteroatoms. The molecule has 1 amide bonds. The number of aryl methyl sites for hydroxylation is 2. The summed E-state index contributed by atoms with van der Waals surface area (Å²) in [6, 6.07) is 16.5. The van der Waals surface area contributed by atoms with E-state index in [9.17, 15) is 4.79 Å². The first kappa shape index (κ1) is 17.8. The van der Waals surface area contributed by atoms with Gasteiger partial charge in [0.15, 0.2) is 0 Å². The van der Waals surface area contributed by atoms with Gasteiger partial charge in [-0.05, 0) is 43.5 Å². The lowest BCUT2D eigenvalue weighted by Gasteiger charge is -2.18. The predicted octanol–water partition coefficient (Wildman–Crippen LogP) is 4.91. The van der Waals surface area contributed by atoms with Gasteiger partial charge in [-0.2, -0.15) is 0 Å². The smallest absolute Gasteiger partial charge is 0.227 e. The summed E-state index contributed by atoms with van der Waals surface area (Å²) in [5.41, 5.74) is 4.39. The molecular weight excluding hydrogens is 334 g/mol. The number of hydrogen-bond donors (Lipinski definition) is 0. The van der Waals surface area contributed by atoms with Gasteiger partial charge in [-0.3, -0.25) is 4.79 Å². The maximum absolute atomic E-state index is 12.7. The number of anilines is 1. The molecule has 1 saturated heterocycles. The van der Waals surface area contributed by atoms with Crippen LogP contribution in [-0.4, -0.2) is 22.0 Å². The summed E-state index contributed by atoms with van der Waals surface area (Å²) >= 11 is 0. The molecule has 3 aromatic rings. The molecule has 1 aliphatic heterocycles. The SMILES string of the molecule is Cc1ccc(N2C[C@@H](c3nc4ccccc4n3CCC(C)C)CC2=O)cc1. The third-order valence-electron chi connectivity index (χ3n) is 5.45. The molecule has 1 fully saturated rings. The molecule has 0 radical (unpaired) electrons. The molecule has 0 aliphatic carbocycles. The van der Waals surface area contributed by atoms with E-state index in [0.717, 1.165) is 30.0 Å². The molecule has 1 aliphatic rings. The van der Waals surface area contributed by atoms with Crippen molar-refractivity contribution < 1.29 is 4.79 Å². The minimum atomic E-state index is 0.137. The van der Waals surface area contributed by atoms with Crippen LogP contribution in [0.25, 0.3) is 11.0 Å². The van der Waals surface area contributed by atoms with Gasteiger partial charge in [-0.1, -0.05) is 43.7 Å². The molecule has 0 N–H and O–H groups in total. The summed E-state index contributed by atoms with van der Waals surface area (Å²) in [6.07, 6.45) is 1.63. The molecule has 4 rings (SSSR count). The summed E-state index contributed by atoms with van der Waals surface area (Å²) in [6.45, 7) is 8.21. The van der Waals surface area contributed by atoms with Gasteiger partial charge in [0.25, 0.3) is 0 Å². The van der Waals surface area contributed by atoms with Crippen molar-refractivity contribution in [2.75, 3.05) is 11.4 Å². The maximum atomic E-state index is 12.7. The minimum absolute atomic E-state index is 0.137. The van der Waals surface area contributed by atoms with Gasteiger partial charge in [0.2, 0.25) is 5.91 Å². The van der Waals surface area contributed by atoms with E-state index in [-0.39, 0.29) is 11.8 Å². The van der Waals surface area contributed by atoms with Crippen LogP contribution in [0.2, 0.25) is 0 Å². The number of benzene rings is 2. The van der Waals surface area contributed by atoms with E-state index in [1.54, 1.807) is 0 Å². The molecule has 1 atom stereocenters. The van der Waals surface area contributed by atoms with E-state index in [0.29, 0.717) is 18.9 Å². The second-order valence-corrected chi connectivity index (χ2v) is 8.03. The third-order valence-corrected chi connectivity index (χ3v) is 5.45. The number of fused-ring (bicyclic) bond motifs is 1. The quantitative estimate of drug-likeness (QED) is 0.647. The van der Waals surface area contributed by atoms with Gasteiger partial charge in [-0.25, -0.2) is 4.98 Å². The van der Waals surface area contributed by atoms with Crippen LogP contribution in [0.5, 0.6) is 0 Å². The molecule has 0 saturated carbocycles. The summed E-state index contributed by atoms with van der Waals surface area (Å²) < 4.78 is 2.34. The Morgan fingerprint density at radius 1 is 1.11 bits per heavy atom. The number of carbonyl (C=O) groups is 1. The highest BCUT2D eigenvalue weighted by Gasteiger charge is 2.34. The number of para-hydroxylation sites is 2. The van der Waals surface area contributed by atoms with Crippen LogP contribution in [0.1, 0.15) is 44.0 Å². The van der Waals surface area contributed by atoms with Crippen LogP contribution in [-0.2, 0) is 11.3 Å². The summed E-state index contributed by atoms with van der Waals surface area (Å²) in [7, 11) is 0. The Morgan fingerprint density at radius 2 is 1.85 bits per heavy atom. The molecule has 2 heterocycles. The molecule has 0 spiro atoms. The third kappa shape index (κ3) is 3.48. The molecule has 1 aromatic heterocycles. The Labute approximate surface area is 160 Å². The fourth-order valence-electron chi connectivity index (χ4n) is 3.88. The van der Waals surface area contributed by atoms with Crippen molar-refractivity contribution in [3.63, 3.8) is 0 Å². The summed E-state index contributed by atoms with van der Waals surface area (Å²) in [4.78, 5) is 19.6. The standard InChI is InChI=1S/C23H27N3O/c1-16(2)12-13-25-21-7-5-4-6-20(21)24-23(25)18-14-22(27)26(15-18)19-10-8-17(3)9-11-19/h4-11,16,18H,12-15H2,1-3H3/t18-/m0/s1. The predicted molar refractivity (Wildman–Crippen MR) is 110 cm³/mol. The zero-order chi connectivity index (χ0) is 19.0. The van der Waals surface area contributed by atoms with Crippen molar-refractivity contribution in [2.45, 2.75) is 46.1 Å². The lowest BCUT2D eigenvalue weighted by atomic mass is 10.1. The van der Waals surface area contributed by atoms with Crippen molar-refractivity contribution in [3.8, 4) is 0 Å². The number of amides is 1. The van der Waals surface area contributed by atoms with Gasteiger partial charge in [-0.15, -0.1) is 0 Å². The van der Waals surface area contributed by atoms with Crippen LogP contribution in [0.15, 0.2) is 48.5 Å². The van der Waals surface area contributed by atoms with Crippen LogP contribution in [0, 0.1) is 12.8 Å².